The maximum Gasteiger partial charge on any atom is 0.111 e. The number of hydrogen-bond acceptors (Lipinski definition) is 0. The van der Waals surface area contributed by atoms with Crippen LogP contribution in [0.15, 0.2) is 0 Å². The summed E-state index contributed by atoms with van der Waals surface area (Å²) in [7, 11) is 0. The summed E-state index contributed by atoms with van der Waals surface area (Å²) in [5.74, 6) is 2.77. The normalized spacial score (nSPS) is 40.3. The first-order chi connectivity index (χ1) is 9.17. The molecule has 0 aliphatic heterocycles. The topological polar surface area (TPSA) is 0 Å². The summed E-state index contributed by atoms with van der Waals surface area (Å²) >= 11 is 0. The first-order valence-electron chi connectivity index (χ1n) is 8.85. The van der Waals surface area contributed by atoms with Gasteiger partial charge in [0.1, 0.15) is 5.67 Å². The monoisotopic (exact) mass is 268 g/mol. The lowest BCUT2D eigenvalue weighted by Crippen LogP contribution is -2.33. The van der Waals surface area contributed by atoms with Crippen molar-refractivity contribution in [2.24, 2.45) is 17.8 Å². The fourth-order valence-corrected chi connectivity index (χ4v) is 4.44. The Hall–Kier alpha value is -0.0700. The van der Waals surface area contributed by atoms with E-state index in [0.717, 1.165) is 49.9 Å². The van der Waals surface area contributed by atoms with E-state index in [1.165, 1.54) is 44.9 Å². The summed E-state index contributed by atoms with van der Waals surface area (Å²) in [4.78, 5) is 0. The third-order valence-electron chi connectivity index (χ3n) is 6.04. The van der Waals surface area contributed by atoms with Crippen LogP contribution in [0.1, 0.15) is 90.9 Å². The first-order valence-corrected chi connectivity index (χ1v) is 8.85. The summed E-state index contributed by atoms with van der Waals surface area (Å²) in [5.41, 5.74) is -0.798. The molecule has 19 heavy (non-hydrogen) atoms. The Bertz CT molecular complexity index is 244. The van der Waals surface area contributed by atoms with Gasteiger partial charge in [0, 0.05) is 0 Å². The molecule has 2 aliphatic rings. The van der Waals surface area contributed by atoms with Gasteiger partial charge in [0.15, 0.2) is 0 Å². The van der Waals surface area contributed by atoms with Crippen LogP contribution in [0, 0.1) is 17.8 Å². The molecule has 2 rings (SSSR count). The molecule has 1 heteroatoms. The summed E-state index contributed by atoms with van der Waals surface area (Å²) < 4.78 is 14.6. The quantitative estimate of drug-likeness (QED) is 0.549. The van der Waals surface area contributed by atoms with Crippen molar-refractivity contribution >= 4 is 0 Å². The molecule has 2 saturated carbocycles. The lowest BCUT2D eigenvalue weighted by molar-refractivity contribution is 0.0462. The lowest BCUT2D eigenvalue weighted by Gasteiger charge is -2.40. The van der Waals surface area contributed by atoms with Crippen LogP contribution in [0.2, 0.25) is 0 Å². The Morgan fingerprint density at radius 2 is 1.47 bits per heavy atom. The molecule has 0 radical (unpaired) electrons. The van der Waals surface area contributed by atoms with Gasteiger partial charge in [-0.15, -0.1) is 0 Å². The fourth-order valence-electron chi connectivity index (χ4n) is 4.44. The molecule has 0 saturated heterocycles. The minimum atomic E-state index is -0.798. The van der Waals surface area contributed by atoms with Crippen LogP contribution in [0.25, 0.3) is 0 Å². The largest absolute Gasteiger partial charge is 0.244 e. The molecule has 0 aromatic carbocycles. The van der Waals surface area contributed by atoms with Crippen LogP contribution in [0.4, 0.5) is 4.39 Å². The van der Waals surface area contributed by atoms with Gasteiger partial charge in [-0.1, -0.05) is 46.0 Å². The van der Waals surface area contributed by atoms with Crippen molar-refractivity contribution in [3.8, 4) is 0 Å². The molecule has 0 heterocycles. The first kappa shape index (κ1) is 15.3. The lowest BCUT2D eigenvalue weighted by atomic mass is 9.67. The Kier molecular flexibility index (Phi) is 5.71. The van der Waals surface area contributed by atoms with Crippen molar-refractivity contribution in [1.82, 2.24) is 0 Å². The molecule has 0 atom stereocenters. The van der Waals surface area contributed by atoms with Gasteiger partial charge >= 0.3 is 0 Å². The Balaban J connectivity index is 1.74. The number of halogens is 1. The zero-order valence-electron chi connectivity index (χ0n) is 13.1. The van der Waals surface area contributed by atoms with Crippen LogP contribution < -0.4 is 0 Å². The summed E-state index contributed by atoms with van der Waals surface area (Å²) in [6.45, 7) is 4.50. The van der Waals surface area contributed by atoms with E-state index in [1.54, 1.807) is 0 Å². The van der Waals surface area contributed by atoms with Crippen LogP contribution in [-0.2, 0) is 0 Å². The maximum absolute atomic E-state index is 14.6. The average Bonchev–Trinajstić information content (AvgIpc) is 2.46. The van der Waals surface area contributed by atoms with Gasteiger partial charge in [-0.3, -0.25) is 0 Å². The summed E-state index contributed by atoms with van der Waals surface area (Å²) in [5, 5.41) is 0. The zero-order chi connectivity index (χ0) is 13.7. The van der Waals surface area contributed by atoms with E-state index < -0.39 is 5.67 Å². The van der Waals surface area contributed by atoms with Gasteiger partial charge < -0.3 is 0 Å². The molecular weight excluding hydrogens is 235 g/mol. The van der Waals surface area contributed by atoms with E-state index in [9.17, 15) is 4.39 Å². The van der Waals surface area contributed by atoms with Crippen LogP contribution in [-0.4, -0.2) is 5.67 Å². The Morgan fingerprint density at radius 3 is 2.00 bits per heavy atom. The maximum atomic E-state index is 14.6. The van der Waals surface area contributed by atoms with Crippen molar-refractivity contribution in [2.45, 2.75) is 96.6 Å². The van der Waals surface area contributed by atoms with E-state index in [2.05, 4.69) is 13.8 Å². The highest BCUT2D eigenvalue weighted by molar-refractivity contribution is 4.89. The molecule has 0 aromatic rings. The molecule has 0 bridgehead atoms. The second-order valence-electron chi connectivity index (χ2n) is 7.28. The number of hydrogen-bond donors (Lipinski definition) is 0. The van der Waals surface area contributed by atoms with Gasteiger partial charge in [-0.05, 0) is 62.7 Å². The average molecular weight is 268 g/mol. The van der Waals surface area contributed by atoms with Crippen molar-refractivity contribution < 1.29 is 4.39 Å². The zero-order valence-corrected chi connectivity index (χ0v) is 13.1. The van der Waals surface area contributed by atoms with Crippen LogP contribution in [0.5, 0.6) is 0 Å². The van der Waals surface area contributed by atoms with E-state index in [4.69, 9.17) is 0 Å². The van der Waals surface area contributed by atoms with Crippen LogP contribution in [0.3, 0.4) is 0 Å². The van der Waals surface area contributed by atoms with Crippen LogP contribution >= 0.6 is 0 Å². The number of rotatable bonds is 5. The minimum Gasteiger partial charge on any atom is -0.244 e. The predicted octanol–water partition coefficient (Wildman–Crippen LogP) is 6.29. The fraction of sp³-hybridized carbons (Fsp3) is 1.00. The Morgan fingerprint density at radius 1 is 0.895 bits per heavy atom. The highest BCUT2D eigenvalue weighted by Gasteiger charge is 2.37. The van der Waals surface area contributed by atoms with E-state index in [0.29, 0.717) is 0 Å². The molecular formula is C18H33F. The minimum absolute atomic E-state index is 0.798. The Labute approximate surface area is 119 Å². The molecule has 0 amide bonds. The number of unbranched alkanes of at least 4 members (excludes halogenated alkanes) is 1. The van der Waals surface area contributed by atoms with Crippen molar-refractivity contribution in [1.29, 1.82) is 0 Å². The van der Waals surface area contributed by atoms with Gasteiger partial charge in [-0.2, -0.15) is 0 Å². The molecule has 112 valence electrons. The molecule has 0 aromatic heterocycles. The molecule has 0 N–H and O–H groups in total. The van der Waals surface area contributed by atoms with Crippen molar-refractivity contribution in [2.75, 3.05) is 0 Å². The smallest absolute Gasteiger partial charge is 0.111 e. The third kappa shape index (κ3) is 4.20. The van der Waals surface area contributed by atoms with Crippen molar-refractivity contribution in [3.63, 3.8) is 0 Å². The SMILES string of the molecule is CCCC[C@]1(F)CC[C@@H](C2CCC(CC)CC2)CC1. The molecule has 0 unspecified atom stereocenters. The third-order valence-corrected chi connectivity index (χ3v) is 6.04. The molecule has 2 fully saturated rings. The van der Waals surface area contributed by atoms with Crippen molar-refractivity contribution in [3.05, 3.63) is 0 Å². The highest BCUT2D eigenvalue weighted by Crippen LogP contribution is 2.45. The van der Waals surface area contributed by atoms with E-state index >= 15 is 0 Å². The van der Waals surface area contributed by atoms with Gasteiger partial charge in [0.2, 0.25) is 0 Å². The molecule has 2 aliphatic carbocycles. The highest BCUT2D eigenvalue weighted by atomic mass is 19.1. The van der Waals surface area contributed by atoms with Gasteiger partial charge in [0.05, 0.1) is 0 Å². The van der Waals surface area contributed by atoms with E-state index in [-0.39, 0.29) is 0 Å². The number of alkyl halides is 1. The van der Waals surface area contributed by atoms with Gasteiger partial charge in [0.25, 0.3) is 0 Å². The van der Waals surface area contributed by atoms with Gasteiger partial charge in [-0.25, -0.2) is 4.39 Å². The summed E-state index contributed by atoms with van der Waals surface area (Å²) in [6, 6.07) is 0. The second-order valence-corrected chi connectivity index (χ2v) is 7.28. The standard InChI is InChI=1S/C18H33F/c1-3-5-12-18(19)13-10-17(11-14-18)16-8-6-15(4-2)7-9-16/h15-17H,3-14H2,1-2H3/t15?,16?,17-,18+. The molecule has 0 nitrogen and oxygen atoms in total. The summed E-state index contributed by atoms with van der Waals surface area (Å²) in [6.07, 6.45) is 14.2. The predicted molar refractivity (Wildman–Crippen MR) is 81.1 cm³/mol. The second kappa shape index (κ2) is 7.09. The molecule has 0 spiro atoms. The van der Waals surface area contributed by atoms with E-state index in [1.807, 2.05) is 0 Å².